The number of rotatable bonds is 7. The molecule has 0 unspecified atom stereocenters. The van der Waals surface area contributed by atoms with Gasteiger partial charge in [0, 0.05) is 63.5 Å². The van der Waals surface area contributed by atoms with E-state index in [1.807, 2.05) is 4.90 Å². The smallest absolute Gasteiger partial charge is 0.248 e. The Bertz CT molecular complexity index is 710. The molecule has 2 aliphatic heterocycles. The number of piperazine rings is 1. The number of primary amides is 1. The molecule has 0 atom stereocenters. The van der Waals surface area contributed by atoms with Crippen molar-refractivity contribution in [3.05, 3.63) is 29.8 Å². The maximum Gasteiger partial charge on any atom is 0.248 e. The molecule has 0 bridgehead atoms. The van der Waals surface area contributed by atoms with Gasteiger partial charge in [0.05, 0.1) is 19.8 Å². The van der Waals surface area contributed by atoms with Crippen LogP contribution in [0.25, 0.3) is 0 Å². The molecule has 1 aromatic rings. The first-order valence-corrected chi connectivity index (χ1v) is 10.0. The number of anilines is 1. The third-order valence-corrected chi connectivity index (χ3v) is 5.30. The molecule has 0 saturated carbocycles. The number of morpholine rings is 1. The van der Waals surface area contributed by atoms with Crippen molar-refractivity contribution in [2.24, 2.45) is 5.73 Å². The second-order valence-electron chi connectivity index (χ2n) is 7.35. The Morgan fingerprint density at radius 3 is 2.21 bits per heavy atom. The highest BCUT2D eigenvalue weighted by atomic mass is 16.5. The Labute approximate surface area is 170 Å². The van der Waals surface area contributed by atoms with Crippen molar-refractivity contribution in [3.63, 3.8) is 0 Å². The van der Waals surface area contributed by atoms with E-state index in [2.05, 4.69) is 15.1 Å². The molecule has 3 rings (SSSR count). The van der Waals surface area contributed by atoms with E-state index in [-0.39, 0.29) is 11.8 Å². The summed E-state index contributed by atoms with van der Waals surface area (Å²) in [5.74, 6) is -0.406. The summed E-state index contributed by atoms with van der Waals surface area (Å²) in [5, 5.41) is 2.82. The Morgan fingerprint density at radius 1 is 0.931 bits per heavy atom. The minimum absolute atomic E-state index is 0.0809. The fraction of sp³-hybridized carbons (Fsp3) is 0.550. The number of amides is 3. The van der Waals surface area contributed by atoms with Crippen molar-refractivity contribution in [2.45, 2.75) is 6.42 Å². The van der Waals surface area contributed by atoms with Crippen LogP contribution in [0.1, 0.15) is 16.8 Å². The highest BCUT2D eigenvalue weighted by molar-refractivity contribution is 5.94. The van der Waals surface area contributed by atoms with Crippen LogP contribution in [0, 0.1) is 0 Å². The largest absolute Gasteiger partial charge is 0.379 e. The standard InChI is InChI=1S/C20H29N5O4/c21-20(28)16-1-3-17(4-2-16)22-18(26)5-6-23-7-9-25(10-8-23)19(27)15-24-11-13-29-14-12-24/h1-4H,5-15H2,(H2,21,28)(H,22,26). The fourth-order valence-corrected chi connectivity index (χ4v) is 3.47. The molecular weight excluding hydrogens is 374 g/mol. The summed E-state index contributed by atoms with van der Waals surface area (Å²) in [7, 11) is 0. The summed E-state index contributed by atoms with van der Waals surface area (Å²) in [5.41, 5.74) is 6.25. The molecule has 0 radical (unpaired) electrons. The zero-order valence-corrected chi connectivity index (χ0v) is 16.6. The van der Waals surface area contributed by atoms with Crippen molar-refractivity contribution >= 4 is 23.4 Å². The van der Waals surface area contributed by atoms with Crippen LogP contribution in [0.4, 0.5) is 5.69 Å². The third kappa shape index (κ3) is 6.52. The number of ether oxygens (including phenoxy) is 1. The van der Waals surface area contributed by atoms with Crippen LogP contribution in [0.2, 0.25) is 0 Å². The van der Waals surface area contributed by atoms with Gasteiger partial charge in [0.15, 0.2) is 0 Å². The predicted molar refractivity (Wildman–Crippen MR) is 108 cm³/mol. The lowest BCUT2D eigenvalue weighted by Crippen LogP contribution is -2.52. The first kappa shape index (κ1) is 21.2. The van der Waals surface area contributed by atoms with Gasteiger partial charge in [0.25, 0.3) is 0 Å². The summed E-state index contributed by atoms with van der Waals surface area (Å²) in [6.07, 6.45) is 0.374. The van der Waals surface area contributed by atoms with E-state index in [1.165, 1.54) is 0 Å². The molecule has 1 aromatic carbocycles. The number of nitrogens with zero attached hydrogens (tertiary/aromatic N) is 3. The van der Waals surface area contributed by atoms with E-state index in [0.717, 1.165) is 26.2 Å². The molecule has 0 spiro atoms. The third-order valence-electron chi connectivity index (χ3n) is 5.30. The molecule has 3 amide bonds. The van der Waals surface area contributed by atoms with Gasteiger partial charge in [-0.25, -0.2) is 0 Å². The molecule has 29 heavy (non-hydrogen) atoms. The van der Waals surface area contributed by atoms with Crippen LogP contribution in [0.15, 0.2) is 24.3 Å². The second kappa shape index (κ2) is 10.3. The summed E-state index contributed by atoms with van der Waals surface area (Å²) >= 11 is 0. The van der Waals surface area contributed by atoms with Crippen LogP contribution in [-0.2, 0) is 14.3 Å². The number of hydrogen-bond donors (Lipinski definition) is 2. The second-order valence-corrected chi connectivity index (χ2v) is 7.35. The minimum atomic E-state index is -0.495. The van der Waals surface area contributed by atoms with Gasteiger partial charge in [-0.3, -0.25) is 24.2 Å². The average Bonchev–Trinajstić information content (AvgIpc) is 2.74. The molecule has 2 aliphatic rings. The van der Waals surface area contributed by atoms with Gasteiger partial charge in [0.2, 0.25) is 17.7 Å². The van der Waals surface area contributed by atoms with E-state index in [1.54, 1.807) is 24.3 Å². The topological polar surface area (TPSA) is 108 Å². The van der Waals surface area contributed by atoms with Crippen LogP contribution in [0.5, 0.6) is 0 Å². The van der Waals surface area contributed by atoms with E-state index in [0.29, 0.717) is 57.1 Å². The zero-order valence-electron chi connectivity index (χ0n) is 16.6. The summed E-state index contributed by atoms with van der Waals surface area (Å²) < 4.78 is 5.31. The SMILES string of the molecule is NC(=O)c1ccc(NC(=O)CCN2CCN(C(=O)CN3CCOCC3)CC2)cc1. The zero-order chi connectivity index (χ0) is 20.6. The molecule has 9 heteroatoms. The first-order valence-electron chi connectivity index (χ1n) is 10.0. The molecule has 2 fully saturated rings. The predicted octanol–water partition coefficient (Wildman–Crippen LogP) is -0.409. The van der Waals surface area contributed by atoms with Crippen molar-refractivity contribution in [2.75, 3.05) is 70.9 Å². The molecule has 0 aliphatic carbocycles. The Balaban J connectivity index is 1.34. The van der Waals surface area contributed by atoms with Crippen molar-refractivity contribution in [1.29, 1.82) is 0 Å². The Kier molecular flexibility index (Phi) is 7.56. The number of carbonyl (C=O) groups is 3. The summed E-state index contributed by atoms with van der Waals surface area (Å²) in [6, 6.07) is 6.50. The molecule has 158 valence electrons. The minimum Gasteiger partial charge on any atom is -0.379 e. The number of carbonyl (C=O) groups excluding carboxylic acids is 3. The maximum atomic E-state index is 12.4. The Morgan fingerprint density at radius 2 is 1.59 bits per heavy atom. The highest BCUT2D eigenvalue weighted by Gasteiger charge is 2.23. The molecule has 0 aromatic heterocycles. The lowest BCUT2D eigenvalue weighted by molar-refractivity contribution is -0.135. The van der Waals surface area contributed by atoms with Gasteiger partial charge in [-0.15, -0.1) is 0 Å². The fourth-order valence-electron chi connectivity index (χ4n) is 3.47. The van der Waals surface area contributed by atoms with E-state index in [9.17, 15) is 14.4 Å². The Hall–Kier alpha value is -2.49. The van der Waals surface area contributed by atoms with Crippen molar-refractivity contribution in [1.82, 2.24) is 14.7 Å². The number of benzene rings is 1. The van der Waals surface area contributed by atoms with Crippen LogP contribution in [-0.4, -0.2) is 98.0 Å². The number of hydrogen-bond acceptors (Lipinski definition) is 6. The maximum absolute atomic E-state index is 12.4. The average molecular weight is 403 g/mol. The number of nitrogens with two attached hydrogens (primary N) is 1. The normalized spacial score (nSPS) is 18.4. The van der Waals surface area contributed by atoms with E-state index < -0.39 is 5.91 Å². The summed E-state index contributed by atoms with van der Waals surface area (Å²) in [4.78, 5) is 41.9. The van der Waals surface area contributed by atoms with Gasteiger partial charge in [0.1, 0.15) is 0 Å². The van der Waals surface area contributed by atoms with Crippen LogP contribution < -0.4 is 11.1 Å². The molecule has 2 saturated heterocycles. The van der Waals surface area contributed by atoms with Crippen molar-refractivity contribution < 1.29 is 19.1 Å². The van der Waals surface area contributed by atoms with Gasteiger partial charge >= 0.3 is 0 Å². The molecule has 2 heterocycles. The van der Waals surface area contributed by atoms with E-state index in [4.69, 9.17) is 10.5 Å². The van der Waals surface area contributed by atoms with Gasteiger partial charge < -0.3 is 20.7 Å². The van der Waals surface area contributed by atoms with Crippen molar-refractivity contribution in [3.8, 4) is 0 Å². The van der Waals surface area contributed by atoms with Crippen LogP contribution >= 0.6 is 0 Å². The molecule has 9 nitrogen and oxygen atoms in total. The van der Waals surface area contributed by atoms with Crippen LogP contribution in [0.3, 0.4) is 0 Å². The monoisotopic (exact) mass is 403 g/mol. The molecular formula is C20H29N5O4. The highest BCUT2D eigenvalue weighted by Crippen LogP contribution is 2.10. The lowest BCUT2D eigenvalue weighted by atomic mass is 10.2. The first-order chi connectivity index (χ1) is 14.0. The van der Waals surface area contributed by atoms with Gasteiger partial charge in [-0.1, -0.05) is 0 Å². The van der Waals surface area contributed by atoms with Gasteiger partial charge in [-0.2, -0.15) is 0 Å². The number of nitrogens with one attached hydrogen (secondary N) is 1. The molecule has 3 N–H and O–H groups in total. The summed E-state index contributed by atoms with van der Waals surface area (Å²) in [6.45, 7) is 7.05. The lowest BCUT2D eigenvalue weighted by Gasteiger charge is -2.36. The van der Waals surface area contributed by atoms with E-state index >= 15 is 0 Å². The quantitative estimate of drug-likeness (QED) is 0.641. The van der Waals surface area contributed by atoms with Gasteiger partial charge in [-0.05, 0) is 24.3 Å².